The fraction of sp³-hybridized carbons (Fsp3) is 0.182. The number of hydrogen-bond donors (Lipinski definition) is 2. The highest BCUT2D eigenvalue weighted by molar-refractivity contribution is 6.30. The van der Waals surface area contributed by atoms with Crippen LogP contribution >= 0.6 is 11.6 Å². The van der Waals surface area contributed by atoms with Crippen molar-refractivity contribution in [3.8, 4) is 40.5 Å². The van der Waals surface area contributed by atoms with Gasteiger partial charge in [0.1, 0.15) is 11.6 Å². The predicted molar refractivity (Wildman–Crippen MR) is 114 cm³/mol. The number of fused-ring (bicyclic) bond motifs is 1. The van der Waals surface area contributed by atoms with Gasteiger partial charge in [0.2, 0.25) is 17.5 Å². The second kappa shape index (κ2) is 8.13. The van der Waals surface area contributed by atoms with Crippen LogP contribution in [0.3, 0.4) is 0 Å². The van der Waals surface area contributed by atoms with Crippen LogP contribution in [-0.4, -0.2) is 31.5 Å². The summed E-state index contributed by atoms with van der Waals surface area (Å²) in [5.74, 6) is 1.23. The minimum atomic E-state index is -0.501. The molecule has 3 N–H and O–H groups in total. The largest absolute Gasteiger partial charge is 0.493 e. The molecule has 3 aromatic rings. The zero-order chi connectivity index (χ0) is 22.1. The SMILES string of the molecule is COc1cc(-c2[nH]nc3c2[C@H](c2ccc(Cl)cc2)C(C#N)=C(N)O3)cc(OC)c1OC. The van der Waals surface area contributed by atoms with E-state index in [4.69, 9.17) is 36.3 Å². The van der Waals surface area contributed by atoms with Gasteiger partial charge in [0.25, 0.3) is 0 Å². The fourth-order valence-corrected chi connectivity index (χ4v) is 3.81. The summed E-state index contributed by atoms with van der Waals surface area (Å²) in [6.45, 7) is 0. The number of nitrogens with two attached hydrogens (primary N) is 1. The number of nitriles is 1. The van der Waals surface area contributed by atoms with Crippen LogP contribution in [-0.2, 0) is 0 Å². The van der Waals surface area contributed by atoms with Crippen LogP contribution in [0.25, 0.3) is 11.3 Å². The lowest BCUT2D eigenvalue weighted by atomic mass is 9.83. The molecule has 4 rings (SSSR count). The molecule has 0 radical (unpaired) electrons. The maximum absolute atomic E-state index is 9.82. The highest BCUT2D eigenvalue weighted by atomic mass is 35.5. The number of nitrogens with one attached hydrogen (secondary N) is 1. The van der Waals surface area contributed by atoms with Crippen molar-refractivity contribution in [2.75, 3.05) is 21.3 Å². The number of rotatable bonds is 5. The van der Waals surface area contributed by atoms with E-state index in [2.05, 4.69) is 16.3 Å². The van der Waals surface area contributed by atoms with Crippen LogP contribution in [0.4, 0.5) is 0 Å². The Kier molecular flexibility index (Phi) is 5.36. The molecule has 0 amide bonds. The molecular formula is C22H19ClN4O4. The van der Waals surface area contributed by atoms with Gasteiger partial charge in [0.05, 0.1) is 38.5 Å². The Labute approximate surface area is 183 Å². The Morgan fingerprint density at radius 1 is 1.10 bits per heavy atom. The van der Waals surface area contributed by atoms with Gasteiger partial charge in [-0.15, -0.1) is 5.10 Å². The monoisotopic (exact) mass is 438 g/mol. The smallest absolute Gasteiger partial charge is 0.244 e. The molecule has 31 heavy (non-hydrogen) atoms. The van der Waals surface area contributed by atoms with Gasteiger partial charge in [0.15, 0.2) is 11.5 Å². The summed E-state index contributed by atoms with van der Waals surface area (Å²) in [5, 5.41) is 17.7. The first-order valence-electron chi connectivity index (χ1n) is 9.24. The van der Waals surface area contributed by atoms with Gasteiger partial charge in [-0.1, -0.05) is 23.7 Å². The first-order chi connectivity index (χ1) is 15.0. The van der Waals surface area contributed by atoms with E-state index in [0.29, 0.717) is 45.0 Å². The van der Waals surface area contributed by atoms with Gasteiger partial charge >= 0.3 is 0 Å². The number of aromatic nitrogens is 2. The van der Waals surface area contributed by atoms with Crippen molar-refractivity contribution in [1.29, 1.82) is 5.26 Å². The van der Waals surface area contributed by atoms with Gasteiger partial charge in [-0.3, -0.25) is 5.10 Å². The Morgan fingerprint density at radius 2 is 1.74 bits per heavy atom. The molecule has 8 nitrogen and oxygen atoms in total. The minimum absolute atomic E-state index is 0.0119. The lowest BCUT2D eigenvalue weighted by Crippen LogP contribution is -2.20. The zero-order valence-electron chi connectivity index (χ0n) is 17.0. The maximum Gasteiger partial charge on any atom is 0.244 e. The van der Waals surface area contributed by atoms with Gasteiger partial charge in [-0.05, 0) is 29.8 Å². The van der Waals surface area contributed by atoms with Crippen molar-refractivity contribution in [2.24, 2.45) is 5.73 Å². The third-order valence-corrected chi connectivity index (χ3v) is 5.35. The second-order valence-corrected chi connectivity index (χ2v) is 7.14. The average Bonchev–Trinajstić information content (AvgIpc) is 3.20. The highest BCUT2D eigenvalue weighted by Crippen LogP contribution is 2.48. The summed E-state index contributed by atoms with van der Waals surface area (Å²) in [7, 11) is 4.62. The third kappa shape index (κ3) is 3.39. The van der Waals surface area contributed by atoms with Crippen molar-refractivity contribution in [3.63, 3.8) is 0 Å². The number of nitrogens with zero attached hydrogens (tertiary/aromatic N) is 2. The molecule has 1 aliphatic rings. The zero-order valence-corrected chi connectivity index (χ0v) is 17.8. The normalized spacial score (nSPS) is 15.0. The van der Waals surface area contributed by atoms with Crippen LogP contribution in [0.15, 0.2) is 47.9 Å². The molecule has 9 heteroatoms. The van der Waals surface area contributed by atoms with E-state index >= 15 is 0 Å². The summed E-state index contributed by atoms with van der Waals surface area (Å²) in [4.78, 5) is 0. The Morgan fingerprint density at radius 3 is 2.29 bits per heavy atom. The van der Waals surface area contributed by atoms with Crippen LogP contribution < -0.4 is 24.7 Å². The van der Waals surface area contributed by atoms with Crippen molar-refractivity contribution in [1.82, 2.24) is 10.2 Å². The van der Waals surface area contributed by atoms with Gasteiger partial charge < -0.3 is 24.7 Å². The Balaban J connectivity index is 1.95. The quantitative estimate of drug-likeness (QED) is 0.619. The van der Waals surface area contributed by atoms with Crippen LogP contribution in [0.1, 0.15) is 17.0 Å². The molecule has 0 unspecified atom stereocenters. The van der Waals surface area contributed by atoms with Crippen molar-refractivity contribution in [3.05, 3.63) is 64.0 Å². The predicted octanol–water partition coefficient (Wildman–Crippen LogP) is 3.97. The number of ether oxygens (including phenoxy) is 4. The van der Waals surface area contributed by atoms with Gasteiger partial charge in [-0.25, -0.2) is 0 Å². The minimum Gasteiger partial charge on any atom is -0.493 e. The van der Waals surface area contributed by atoms with Crippen LogP contribution in [0.2, 0.25) is 5.02 Å². The number of H-pyrrole nitrogens is 1. The first-order valence-corrected chi connectivity index (χ1v) is 9.61. The first kappa shape index (κ1) is 20.4. The molecule has 1 aliphatic heterocycles. The highest BCUT2D eigenvalue weighted by Gasteiger charge is 2.36. The molecule has 0 spiro atoms. The van der Waals surface area contributed by atoms with E-state index in [1.54, 1.807) is 38.5 Å². The molecule has 0 aliphatic carbocycles. The van der Waals surface area contributed by atoms with Crippen molar-refractivity contribution in [2.45, 2.75) is 5.92 Å². The average molecular weight is 439 g/mol. The lowest BCUT2D eigenvalue weighted by Gasteiger charge is -2.24. The number of allylic oxidation sites excluding steroid dienone is 1. The molecule has 0 saturated carbocycles. The van der Waals surface area contributed by atoms with E-state index in [-0.39, 0.29) is 11.5 Å². The van der Waals surface area contributed by atoms with E-state index in [1.807, 2.05) is 12.1 Å². The topological polar surface area (TPSA) is 115 Å². The van der Waals surface area contributed by atoms with Crippen molar-refractivity contribution >= 4 is 11.6 Å². The summed E-state index contributed by atoms with van der Waals surface area (Å²) in [6, 6.07) is 13.0. The Hall–Kier alpha value is -3.83. The van der Waals surface area contributed by atoms with Gasteiger partial charge in [0, 0.05) is 10.6 Å². The number of aromatic amines is 1. The van der Waals surface area contributed by atoms with Crippen LogP contribution in [0, 0.1) is 11.3 Å². The number of methoxy groups -OCH3 is 3. The van der Waals surface area contributed by atoms with E-state index in [9.17, 15) is 5.26 Å². The molecule has 0 bridgehead atoms. The molecule has 0 fully saturated rings. The molecule has 2 aromatic carbocycles. The number of halogens is 1. The Bertz CT molecular complexity index is 1190. The van der Waals surface area contributed by atoms with E-state index in [0.717, 1.165) is 5.56 Å². The summed E-state index contributed by atoms with van der Waals surface area (Å²) in [6.07, 6.45) is 0. The molecule has 1 aromatic heterocycles. The van der Waals surface area contributed by atoms with Gasteiger partial charge in [-0.2, -0.15) is 5.26 Å². The number of hydrogen-bond acceptors (Lipinski definition) is 7. The van der Waals surface area contributed by atoms with Crippen molar-refractivity contribution < 1.29 is 18.9 Å². The summed E-state index contributed by atoms with van der Waals surface area (Å²) < 4.78 is 22.0. The van der Waals surface area contributed by atoms with Crippen LogP contribution in [0.5, 0.6) is 23.1 Å². The molecule has 2 heterocycles. The summed E-state index contributed by atoms with van der Waals surface area (Å²) >= 11 is 6.07. The molecule has 158 valence electrons. The maximum atomic E-state index is 9.82. The second-order valence-electron chi connectivity index (χ2n) is 6.71. The standard InChI is InChI=1S/C22H19ClN4O4/c1-28-15-8-12(9-16(29-2)20(15)30-3)19-18-17(11-4-6-13(23)7-5-11)14(10-24)21(25)31-22(18)27-26-19/h4-9,17H,25H2,1-3H3,(H,26,27)/t17-/m1/s1. The van der Waals surface area contributed by atoms with E-state index in [1.165, 1.54) is 7.11 Å². The fourth-order valence-electron chi connectivity index (χ4n) is 3.68. The number of benzene rings is 2. The molecular weight excluding hydrogens is 420 g/mol. The van der Waals surface area contributed by atoms with E-state index < -0.39 is 5.92 Å². The molecule has 0 saturated heterocycles. The lowest BCUT2D eigenvalue weighted by molar-refractivity contribution is 0.324. The third-order valence-electron chi connectivity index (χ3n) is 5.10. The molecule has 1 atom stereocenters. The summed E-state index contributed by atoms with van der Waals surface area (Å²) in [5.41, 5.74) is 9.16.